The van der Waals surface area contributed by atoms with E-state index in [9.17, 15) is 9.59 Å². The first-order chi connectivity index (χ1) is 13.3. The molecule has 156 valence electrons. The van der Waals surface area contributed by atoms with Crippen LogP contribution in [0.15, 0.2) is 36.5 Å². The number of benzene rings is 1. The van der Waals surface area contributed by atoms with E-state index < -0.39 is 23.6 Å². The number of carbonyl (C=O) groups excluding carboxylic acids is 2. The van der Waals surface area contributed by atoms with Crippen LogP contribution in [0.25, 0.3) is 16.2 Å². The fourth-order valence-electron chi connectivity index (χ4n) is 2.32. The Labute approximate surface area is 185 Å². The Morgan fingerprint density at radius 2 is 1.96 bits per heavy atom. The van der Waals surface area contributed by atoms with Crippen molar-refractivity contribution in [1.82, 2.24) is 10.3 Å². The van der Waals surface area contributed by atoms with Crippen molar-refractivity contribution in [2.24, 2.45) is 0 Å². The quantitative estimate of drug-likeness (QED) is 0.496. The number of nitrogens with one attached hydrogen (secondary N) is 1. The Morgan fingerprint density at radius 3 is 2.61 bits per heavy atom. The molecule has 28 heavy (non-hydrogen) atoms. The number of alkyl carbamates (subject to hydrolysis) is 1. The molecular weight excluding hydrogens is 581 g/mol. The Morgan fingerprint density at radius 1 is 1.29 bits per heavy atom. The summed E-state index contributed by atoms with van der Waals surface area (Å²) in [5, 5.41) is 7.75. The topological polar surface area (TPSA) is 82.4 Å². The molecule has 1 N–H and O–H groups in total. The van der Waals surface area contributed by atoms with Crippen molar-refractivity contribution in [3.63, 3.8) is 0 Å². The molecule has 1 aromatic heterocycles. The van der Waals surface area contributed by atoms with Crippen molar-refractivity contribution in [2.45, 2.75) is 38.8 Å². The molecule has 6 nitrogen and oxygen atoms in total. The van der Waals surface area contributed by atoms with Gasteiger partial charge in [0.2, 0.25) is 0 Å². The number of hydrogen-bond acceptors (Lipinski definition) is 5. The number of carbonyl (C=O) groups is 2. The molecule has 9 heteroatoms. The van der Waals surface area contributed by atoms with Gasteiger partial charge in [-0.2, -0.15) is 11.8 Å². The second kappa shape index (κ2) is 12.3. The van der Waals surface area contributed by atoms with Gasteiger partial charge in [-0.05, 0) is 50.7 Å². The second-order valence-corrected chi connectivity index (χ2v) is 7.77. The van der Waals surface area contributed by atoms with Crippen LogP contribution in [0.5, 0.6) is 0 Å². The number of nitrogens with zero attached hydrogens (tertiary/aromatic N) is 2. The molecule has 0 aliphatic rings. The van der Waals surface area contributed by atoms with Gasteiger partial charge in [-0.3, -0.25) is 4.98 Å². The predicted octanol–water partition coefficient (Wildman–Crippen LogP) is 5.10. The summed E-state index contributed by atoms with van der Waals surface area (Å²) in [5.41, 5.74) is 0.519. The van der Waals surface area contributed by atoms with Crippen molar-refractivity contribution >= 4 is 49.8 Å². The first-order valence-electron chi connectivity index (χ1n) is 8.50. The third-order valence-corrected chi connectivity index (χ3v) is 4.09. The van der Waals surface area contributed by atoms with Crippen LogP contribution in [0.2, 0.25) is 0 Å². The fraction of sp³-hybridized carbons (Fsp3) is 0.421. The number of rotatable bonds is 6. The Bertz CT molecular complexity index is 781. The summed E-state index contributed by atoms with van der Waals surface area (Å²) in [5.74, 6) is 0.304. The van der Waals surface area contributed by atoms with Crippen LogP contribution in [0.4, 0.5) is 10.5 Å². The minimum atomic E-state index is -0.740. The van der Waals surface area contributed by atoms with Gasteiger partial charge in [0.1, 0.15) is 5.60 Å². The number of halogens is 1. The van der Waals surface area contributed by atoms with Gasteiger partial charge < -0.3 is 20.2 Å². The standard InChI is InChI=1S/C19H25N3O3S.ClH.Pt/c1-19(2,3)25-18(24)22-15(10-12-26-4)17(23)21-14-9-5-7-13-8-6-11-20-16(13)14;;/h5-9,11,15H,10,12H2,1-4H3,(H2,21,22,23,24);1H;/q;;+2/p-2/t15-;;/m0../s1. The maximum absolute atomic E-state index is 12.7. The molecule has 0 aliphatic heterocycles. The number of amides is 2. The fourth-order valence-corrected chi connectivity index (χ4v) is 2.79. The Balaban J connectivity index is 0.00000190. The average molecular weight is 605 g/mol. The van der Waals surface area contributed by atoms with Gasteiger partial charge in [0.15, 0.2) is 0 Å². The predicted molar refractivity (Wildman–Crippen MR) is 112 cm³/mol. The number of para-hydroxylation sites is 1. The van der Waals surface area contributed by atoms with Crippen molar-refractivity contribution < 1.29 is 33.1 Å². The zero-order chi connectivity index (χ0) is 21.2. The number of fused-ring (bicyclic) bond motifs is 1. The maximum atomic E-state index is 12.7. The van der Waals surface area contributed by atoms with Crippen molar-refractivity contribution in [1.29, 1.82) is 0 Å². The zero-order valence-corrected chi connectivity index (χ0v) is 20.0. The SMILES string of the molecule is CSCC[C@H](NC(=O)OC(C)(C)C)C(=O)[N-]c1cccc2cccnc12.[Cl][Pt+]. The molecule has 0 fully saturated rings. The second-order valence-electron chi connectivity index (χ2n) is 6.78. The molecule has 2 aromatic rings. The molecule has 0 spiro atoms. The van der Waals surface area contributed by atoms with E-state index in [1.165, 1.54) is 0 Å². The third-order valence-electron chi connectivity index (χ3n) is 3.44. The van der Waals surface area contributed by atoms with Gasteiger partial charge >= 0.3 is 34.3 Å². The first kappa shape index (κ1) is 24.7. The molecule has 1 heterocycles. The van der Waals surface area contributed by atoms with E-state index in [4.69, 9.17) is 4.74 Å². The van der Waals surface area contributed by atoms with Gasteiger partial charge in [0, 0.05) is 6.20 Å². The Hall–Kier alpha value is -1.30. The summed E-state index contributed by atoms with van der Waals surface area (Å²) in [7, 11) is 4.61. The van der Waals surface area contributed by atoms with Gasteiger partial charge in [0.05, 0.1) is 17.5 Å². The van der Waals surface area contributed by atoms with Gasteiger partial charge in [0.25, 0.3) is 0 Å². The van der Waals surface area contributed by atoms with Crippen molar-refractivity contribution in [3.05, 3.63) is 41.8 Å². The third kappa shape index (κ3) is 8.37. The van der Waals surface area contributed by atoms with E-state index in [1.807, 2.05) is 30.5 Å². The molecule has 0 saturated heterocycles. The number of aromatic nitrogens is 1. The minimum absolute atomic E-state index is 0.414. The first-order valence-corrected chi connectivity index (χ1v) is 12.7. The van der Waals surface area contributed by atoms with Gasteiger partial charge in [-0.15, -0.1) is 5.69 Å². The summed E-state index contributed by atoms with van der Waals surface area (Å²) in [4.78, 5) is 29.0. The molecule has 2 amide bonds. The molecule has 1 atom stereocenters. The molecule has 0 aliphatic carbocycles. The van der Waals surface area contributed by atoms with Gasteiger partial charge in [-0.25, -0.2) is 4.79 Å². The normalized spacial score (nSPS) is 11.8. The van der Waals surface area contributed by atoms with Crippen molar-refractivity contribution in [3.8, 4) is 0 Å². The number of ether oxygens (including phenoxy) is 1. The summed E-state index contributed by atoms with van der Waals surface area (Å²) >= 11 is 3.21. The van der Waals surface area contributed by atoms with Crippen LogP contribution in [0.3, 0.4) is 0 Å². The number of thioether (sulfide) groups is 1. The molecule has 0 saturated carbocycles. The summed E-state index contributed by atoms with van der Waals surface area (Å²) < 4.78 is 5.26. The average Bonchev–Trinajstić information content (AvgIpc) is 2.65. The molecule has 2 rings (SSSR count). The number of pyridine rings is 1. The zero-order valence-electron chi connectivity index (χ0n) is 16.2. The summed E-state index contributed by atoms with van der Waals surface area (Å²) in [6.07, 6.45) is 3.46. The van der Waals surface area contributed by atoms with Crippen LogP contribution >= 0.6 is 21.2 Å². The van der Waals surface area contributed by atoms with E-state index >= 15 is 0 Å². The molecule has 1 aromatic carbocycles. The molecule has 0 unspecified atom stereocenters. The monoisotopic (exact) mass is 604 g/mol. The molecular formula is C19H24ClN3O3PtS. The van der Waals surface area contributed by atoms with E-state index in [0.29, 0.717) is 17.6 Å². The summed E-state index contributed by atoms with van der Waals surface area (Å²) in [6, 6.07) is 8.49. The molecule has 0 bridgehead atoms. The van der Waals surface area contributed by atoms with Gasteiger partial charge in [-0.1, -0.05) is 24.3 Å². The van der Waals surface area contributed by atoms with Crippen molar-refractivity contribution in [2.75, 3.05) is 12.0 Å². The van der Waals surface area contributed by atoms with Crippen LogP contribution in [-0.2, 0) is 28.3 Å². The van der Waals surface area contributed by atoms with E-state index in [1.54, 1.807) is 63.6 Å². The molecule has 0 radical (unpaired) electrons. The van der Waals surface area contributed by atoms with Crippen LogP contribution in [0, 0.1) is 0 Å². The van der Waals surface area contributed by atoms with E-state index in [0.717, 1.165) is 11.1 Å². The van der Waals surface area contributed by atoms with Crippen LogP contribution < -0.4 is 5.32 Å². The Kier molecular flexibility index (Phi) is 10.9. The van der Waals surface area contributed by atoms with E-state index in [-0.39, 0.29) is 0 Å². The summed E-state index contributed by atoms with van der Waals surface area (Å²) in [6.45, 7) is 5.33. The van der Waals surface area contributed by atoms with Crippen LogP contribution in [0.1, 0.15) is 27.2 Å². The van der Waals surface area contributed by atoms with E-state index in [2.05, 4.69) is 25.0 Å². The number of hydrogen-bond donors (Lipinski definition) is 1. The van der Waals surface area contributed by atoms with Crippen LogP contribution in [-0.4, -0.2) is 40.6 Å².